The summed E-state index contributed by atoms with van der Waals surface area (Å²) in [6.45, 7) is 7.96. The molecule has 1 fully saturated rings. The van der Waals surface area contributed by atoms with Gasteiger partial charge in [0.1, 0.15) is 11.6 Å². The lowest BCUT2D eigenvalue weighted by molar-refractivity contribution is 0.0728. The maximum absolute atomic E-state index is 5.83. The molecule has 2 aliphatic heterocycles. The Hall–Kier alpha value is -1.20. The Labute approximate surface area is 113 Å². The van der Waals surface area contributed by atoms with E-state index >= 15 is 0 Å². The van der Waals surface area contributed by atoms with E-state index in [0.29, 0.717) is 13.2 Å². The first-order valence-corrected chi connectivity index (χ1v) is 7.08. The molecular weight excluding hydrogens is 242 g/mol. The molecule has 1 saturated heterocycles. The molecule has 3 rings (SSSR count). The minimum absolute atomic E-state index is 0.280. The molecule has 0 aliphatic carbocycles. The summed E-state index contributed by atoms with van der Waals surface area (Å²) in [7, 11) is 0. The molecule has 3 heterocycles. The van der Waals surface area contributed by atoms with E-state index in [2.05, 4.69) is 21.8 Å². The quantitative estimate of drug-likeness (QED) is 0.768. The minimum Gasteiger partial charge on any atom is -0.379 e. The second-order valence-corrected chi connectivity index (χ2v) is 5.16. The zero-order chi connectivity index (χ0) is 13.2. The molecule has 5 nitrogen and oxygen atoms in total. The summed E-state index contributed by atoms with van der Waals surface area (Å²) in [6.07, 6.45) is 1.96. The van der Waals surface area contributed by atoms with Gasteiger partial charge in [-0.05, 0) is 19.8 Å². The van der Waals surface area contributed by atoms with Gasteiger partial charge in [-0.25, -0.2) is 9.97 Å². The highest BCUT2D eigenvalue weighted by atomic mass is 16.5. The lowest BCUT2D eigenvalue weighted by Gasteiger charge is -2.29. The second-order valence-electron chi connectivity index (χ2n) is 5.16. The molecular formula is C14H21N3O2. The summed E-state index contributed by atoms with van der Waals surface area (Å²) in [5.74, 6) is 1.92. The first-order chi connectivity index (χ1) is 9.29. The van der Waals surface area contributed by atoms with Gasteiger partial charge in [-0.3, -0.25) is 0 Å². The third kappa shape index (κ3) is 2.44. The Bertz CT molecular complexity index is 464. The summed E-state index contributed by atoms with van der Waals surface area (Å²) in [5.41, 5.74) is 2.28. The summed E-state index contributed by atoms with van der Waals surface area (Å²) >= 11 is 0. The van der Waals surface area contributed by atoms with E-state index in [-0.39, 0.29) is 6.04 Å². The van der Waals surface area contributed by atoms with Gasteiger partial charge < -0.3 is 14.4 Å². The number of nitrogens with zero attached hydrogens (tertiary/aromatic N) is 3. The van der Waals surface area contributed by atoms with Crippen molar-refractivity contribution in [3.63, 3.8) is 0 Å². The van der Waals surface area contributed by atoms with Crippen LogP contribution >= 0.6 is 0 Å². The summed E-state index contributed by atoms with van der Waals surface area (Å²) in [6, 6.07) is 0.280. The number of aryl methyl sites for hydroxylation is 2. The fraction of sp³-hybridized carbons (Fsp3) is 0.714. The molecule has 104 valence electrons. The number of aromatic nitrogens is 2. The largest absolute Gasteiger partial charge is 0.379 e. The molecule has 0 saturated carbocycles. The Morgan fingerprint density at radius 2 is 2.11 bits per heavy atom. The highest BCUT2D eigenvalue weighted by Crippen LogP contribution is 2.28. The standard InChI is InChI=1S/C14H21N3O2/c1-3-13-12-9-19-8-11-7-18-6-4-5-17(11)14(12)16-10(2)15-13/h11H,3-9H2,1-2H3. The molecule has 19 heavy (non-hydrogen) atoms. The van der Waals surface area contributed by atoms with Crippen molar-refractivity contribution in [3.8, 4) is 0 Å². The van der Waals surface area contributed by atoms with Crippen molar-refractivity contribution in [1.82, 2.24) is 9.97 Å². The topological polar surface area (TPSA) is 47.5 Å². The van der Waals surface area contributed by atoms with Crippen LogP contribution in [0.1, 0.15) is 30.4 Å². The fourth-order valence-corrected chi connectivity index (χ4v) is 2.86. The van der Waals surface area contributed by atoms with Gasteiger partial charge in [0.15, 0.2) is 0 Å². The van der Waals surface area contributed by atoms with Gasteiger partial charge in [-0.1, -0.05) is 6.92 Å². The lowest BCUT2D eigenvalue weighted by atomic mass is 10.1. The van der Waals surface area contributed by atoms with Crippen LogP contribution in [0, 0.1) is 6.92 Å². The van der Waals surface area contributed by atoms with Gasteiger partial charge in [-0.2, -0.15) is 0 Å². The fourth-order valence-electron chi connectivity index (χ4n) is 2.86. The monoisotopic (exact) mass is 263 g/mol. The van der Waals surface area contributed by atoms with Gasteiger partial charge in [0.05, 0.1) is 31.6 Å². The van der Waals surface area contributed by atoms with Crippen molar-refractivity contribution in [3.05, 3.63) is 17.1 Å². The average Bonchev–Trinajstić information content (AvgIpc) is 2.72. The molecule has 0 aromatic carbocycles. The van der Waals surface area contributed by atoms with Crippen LogP contribution < -0.4 is 4.90 Å². The number of hydrogen-bond acceptors (Lipinski definition) is 5. The van der Waals surface area contributed by atoms with E-state index in [0.717, 1.165) is 55.5 Å². The molecule has 0 spiro atoms. The first kappa shape index (κ1) is 12.8. The van der Waals surface area contributed by atoms with E-state index < -0.39 is 0 Å². The predicted molar refractivity (Wildman–Crippen MR) is 72.4 cm³/mol. The van der Waals surface area contributed by atoms with Crippen molar-refractivity contribution in [2.45, 2.75) is 39.3 Å². The average molecular weight is 263 g/mol. The highest BCUT2D eigenvalue weighted by molar-refractivity contribution is 5.51. The molecule has 0 bridgehead atoms. The van der Waals surface area contributed by atoms with E-state index in [1.807, 2.05) is 6.92 Å². The molecule has 0 N–H and O–H groups in total. The highest BCUT2D eigenvalue weighted by Gasteiger charge is 2.29. The summed E-state index contributed by atoms with van der Waals surface area (Å²) in [5, 5.41) is 0. The number of rotatable bonds is 1. The maximum atomic E-state index is 5.83. The number of ether oxygens (including phenoxy) is 2. The molecule has 5 heteroatoms. The van der Waals surface area contributed by atoms with E-state index in [4.69, 9.17) is 9.47 Å². The summed E-state index contributed by atoms with van der Waals surface area (Å²) in [4.78, 5) is 11.6. The smallest absolute Gasteiger partial charge is 0.138 e. The molecule has 1 unspecified atom stereocenters. The molecule has 1 aromatic rings. The number of anilines is 1. The Balaban J connectivity index is 2.06. The second kappa shape index (κ2) is 5.43. The van der Waals surface area contributed by atoms with Crippen LogP contribution in [-0.2, 0) is 22.5 Å². The predicted octanol–water partition coefficient (Wildman–Crippen LogP) is 1.47. The number of hydrogen-bond donors (Lipinski definition) is 0. The minimum atomic E-state index is 0.280. The first-order valence-electron chi connectivity index (χ1n) is 7.08. The van der Waals surface area contributed by atoms with Crippen LogP contribution in [0.15, 0.2) is 0 Å². The summed E-state index contributed by atoms with van der Waals surface area (Å²) < 4.78 is 11.5. The van der Waals surface area contributed by atoms with Crippen LogP contribution in [0.2, 0.25) is 0 Å². The SMILES string of the molecule is CCc1nc(C)nc2c1COCC1COCCCN21. The molecule has 2 aliphatic rings. The molecule has 1 atom stereocenters. The van der Waals surface area contributed by atoms with Crippen molar-refractivity contribution in [2.24, 2.45) is 0 Å². The van der Waals surface area contributed by atoms with Gasteiger partial charge in [0.2, 0.25) is 0 Å². The van der Waals surface area contributed by atoms with Crippen LogP contribution in [-0.4, -0.2) is 42.4 Å². The molecule has 0 amide bonds. The Morgan fingerprint density at radius 3 is 2.95 bits per heavy atom. The van der Waals surface area contributed by atoms with Crippen molar-refractivity contribution >= 4 is 5.82 Å². The third-order valence-corrected chi connectivity index (χ3v) is 3.79. The van der Waals surface area contributed by atoms with Crippen LogP contribution in [0.4, 0.5) is 5.82 Å². The van der Waals surface area contributed by atoms with Crippen LogP contribution in [0.25, 0.3) is 0 Å². The van der Waals surface area contributed by atoms with E-state index in [9.17, 15) is 0 Å². The number of fused-ring (bicyclic) bond motifs is 3. The van der Waals surface area contributed by atoms with E-state index in [1.165, 1.54) is 0 Å². The van der Waals surface area contributed by atoms with Gasteiger partial charge >= 0.3 is 0 Å². The van der Waals surface area contributed by atoms with Gasteiger partial charge in [-0.15, -0.1) is 0 Å². The van der Waals surface area contributed by atoms with Gasteiger partial charge in [0.25, 0.3) is 0 Å². The zero-order valence-electron chi connectivity index (χ0n) is 11.7. The molecule has 1 aromatic heterocycles. The normalized spacial score (nSPS) is 23.3. The third-order valence-electron chi connectivity index (χ3n) is 3.79. The zero-order valence-corrected chi connectivity index (χ0v) is 11.7. The van der Waals surface area contributed by atoms with Crippen molar-refractivity contribution < 1.29 is 9.47 Å². The Kier molecular flexibility index (Phi) is 3.66. The van der Waals surface area contributed by atoms with Crippen molar-refractivity contribution in [1.29, 1.82) is 0 Å². The van der Waals surface area contributed by atoms with Crippen LogP contribution in [0.3, 0.4) is 0 Å². The Morgan fingerprint density at radius 1 is 1.26 bits per heavy atom. The van der Waals surface area contributed by atoms with E-state index in [1.54, 1.807) is 0 Å². The van der Waals surface area contributed by atoms with Crippen molar-refractivity contribution in [2.75, 3.05) is 31.3 Å². The molecule has 0 radical (unpaired) electrons. The van der Waals surface area contributed by atoms with Crippen LogP contribution in [0.5, 0.6) is 0 Å². The van der Waals surface area contributed by atoms with Gasteiger partial charge in [0, 0.05) is 18.7 Å². The maximum Gasteiger partial charge on any atom is 0.138 e. The lowest BCUT2D eigenvalue weighted by Crippen LogP contribution is -2.40.